The first-order valence-corrected chi connectivity index (χ1v) is 6.65. The summed E-state index contributed by atoms with van der Waals surface area (Å²) in [6, 6.07) is 1.75. The van der Waals surface area contributed by atoms with E-state index in [0.29, 0.717) is 12.2 Å². The third kappa shape index (κ3) is 2.53. The van der Waals surface area contributed by atoms with Crippen LogP contribution in [-0.4, -0.2) is 23.2 Å². The lowest BCUT2D eigenvalue weighted by Crippen LogP contribution is -2.47. The summed E-state index contributed by atoms with van der Waals surface area (Å²) in [5.41, 5.74) is 0.532. The number of hydrogen-bond donors (Lipinski definition) is 0. The highest BCUT2D eigenvalue weighted by molar-refractivity contribution is 6.17. The second-order valence-electron chi connectivity index (χ2n) is 5.33. The molecule has 0 bridgehead atoms. The molecule has 0 radical (unpaired) electrons. The predicted molar refractivity (Wildman–Crippen MR) is 69.4 cm³/mol. The zero-order chi connectivity index (χ0) is 14.3. The van der Waals surface area contributed by atoms with Crippen molar-refractivity contribution in [3.8, 4) is 0 Å². The van der Waals surface area contributed by atoms with E-state index in [-0.39, 0.29) is 12.3 Å². The van der Waals surface area contributed by atoms with Crippen LogP contribution >= 0.6 is 11.6 Å². The minimum absolute atomic E-state index is 0.104. The fourth-order valence-electron chi connectivity index (χ4n) is 2.85. The molecule has 1 aliphatic rings. The van der Waals surface area contributed by atoms with E-state index in [0.717, 1.165) is 5.56 Å². The van der Waals surface area contributed by atoms with E-state index in [9.17, 15) is 13.2 Å². The molecule has 2 nitrogen and oxygen atoms in total. The van der Waals surface area contributed by atoms with Crippen LogP contribution in [0.4, 0.5) is 18.9 Å². The van der Waals surface area contributed by atoms with Gasteiger partial charge in [0, 0.05) is 24.2 Å². The van der Waals surface area contributed by atoms with E-state index >= 15 is 0 Å². The van der Waals surface area contributed by atoms with E-state index in [2.05, 4.69) is 4.98 Å². The molecule has 0 saturated carbocycles. The summed E-state index contributed by atoms with van der Waals surface area (Å²) < 4.78 is 39.2. The molecule has 1 fully saturated rings. The fraction of sp³-hybridized carbons (Fsp3) is 0.615. The van der Waals surface area contributed by atoms with Gasteiger partial charge in [0.15, 0.2) is 0 Å². The van der Waals surface area contributed by atoms with Gasteiger partial charge in [-0.3, -0.25) is 4.98 Å². The van der Waals surface area contributed by atoms with Gasteiger partial charge in [-0.15, -0.1) is 11.6 Å². The number of pyridine rings is 1. The Balaban J connectivity index is 2.37. The van der Waals surface area contributed by atoms with Crippen molar-refractivity contribution in [1.29, 1.82) is 0 Å². The van der Waals surface area contributed by atoms with Crippen LogP contribution < -0.4 is 4.90 Å². The Kier molecular flexibility index (Phi) is 3.69. The molecule has 0 N–H and O–H groups in total. The molecule has 1 unspecified atom stereocenters. The highest BCUT2D eigenvalue weighted by Gasteiger charge is 2.55. The zero-order valence-electron chi connectivity index (χ0n) is 10.8. The molecule has 2 rings (SSSR count). The van der Waals surface area contributed by atoms with Gasteiger partial charge in [-0.25, -0.2) is 0 Å². The maximum Gasteiger partial charge on any atom is 0.394 e. The normalized spacial score (nSPS) is 22.8. The van der Waals surface area contributed by atoms with Gasteiger partial charge in [0.05, 0.1) is 17.8 Å². The Morgan fingerprint density at radius 3 is 2.68 bits per heavy atom. The second kappa shape index (κ2) is 4.85. The molecule has 1 saturated heterocycles. The van der Waals surface area contributed by atoms with Gasteiger partial charge in [0.25, 0.3) is 0 Å². The molecule has 1 atom stereocenters. The van der Waals surface area contributed by atoms with Crippen molar-refractivity contribution < 1.29 is 13.2 Å². The van der Waals surface area contributed by atoms with Gasteiger partial charge in [-0.05, 0) is 31.9 Å². The lowest BCUT2D eigenvalue weighted by Gasteiger charge is -2.38. The van der Waals surface area contributed by atoms with Crippen molar-refractivity contribution in [3.05, 3.63) is 24.0 Å². The number of alkyl halides is 4. The average molecular weight is 293 g/mol. The van der Waals surface area contributed by atoms with E-state index in [1.807, 2.05) is 0 Å². The number of nitrogens with zero attached hydrogens (tertiary/aromatic N) is 2. The van der Waals surface area contributed by atoms with Gasteiger partial charge in [0.1, 0.15) is 0 Å². The van der Waals surface area contributed by atoms with Gasteiger partial charge in [0.2, 0.25) is 0 Å². The summed E-state index contributed by atoms with van der Waals surface area (Å²) in [6.45, 7) is 3.62. The van der Waals surface area contributed by atoms with E-state index in [1.165, 1.54) is 0 Å². The van der Waals surface area contributed by atoms with E-state index in [4.69, 9.17) is 11.6 Å². The smallest absolute Gasteiger partial charge is 0.364 e. The van der Waals surface area contributed by atoms with Gasteiger partial charge >= 0.3 is 6.18 Å². The summed E-state index contributed by atoms with van der Waals surface area (Å²) in [5, 5.41) is 0. The summed E-state index contributed by atoms with van der Waals surface area (Å²) in [5.74, 6) is -1.07. The Bertz CT molecular complexity index is 459. The van der Waals surface area contributed by atoms with Crippen LogP contribution in [-0.2, 0) is 5.88 Å². The molecule has 106 valence electrons. The molecule has 0 aromatic carbocycles. The van der Waals surface area contributed by atoms with Crippen LogP contribution in [0.3, 0.4) is 0 Å². The first-order chi connectivity index (χ1) is 8.78. The number of aromatic nitrogens is 1. The highest BCUT2D eigenvalue weighted by atomic mass is 35.5. The fourth-order valence-corrected chi connectivity index (χ4v) is 3.08. The maximum atomic E-state index is 13.1. The first-order valence-electron chi connectivity index (χ1n) is 6.11. The highest BCUT2D eigenvalue weighted by Crippen LogP contribution is 2.47. The van der Waals surface area contributed by atoms with Crippen molar-refractivity contribution in [2.24, 2.45) is 5.92 Å². The maximum absolute atomic E-state index is 13.1. The zero-order valence-corrected chi connectivity index (χ0v) is 11.6. The largest absolute Gasteiger partial charge is 0.394 e. The number of hydrogen-bond acceptors (Lipinski definition) is 2. The van der Waals surface area contributed by atoms with E-state index in [1.54, 1.807) is 37.2 Å². The van der Waals surface area contributed by atoms with Crippen LogP contribution in [0.1, 0.15) is 25.8 Å². The van der Waals surface area contributed by atoms with Crippen LogP contribution in [0.15, 0.2) is 18.5 Å². The molecule has 1 aromatic rings. The van der Waals surface area contributed by atoms with Gasteiger partial charge in [-0.2, -0.15) is 13.2 Å². The molecule has 0 spiro atoms. The van der Waals surface area contributed by atoms with Crippen molar-refractivity contribution in [2.75, 3.05) is 11.4 Å². The lowest BCUT2D eigenvalue weighted by molar-refractivity contribution is -0.183. The molecule has 6 heteroatoms. The second-order valence-corrected chi connectivity index (χ2v) is 5.59. The predicted octanol–water partition coefficient (Wildman–Crippen LogP) is 3.99. The minimum Gasteiger partial charge on any atom is -0.364 e. The molecule has 1 aliphatic heterocycles. The summed E-state index contributed by atoms with van der Waals surface area (Å²) in [6.07, 6.45) is -0.877. The number of halogens is 4. The Morgan fingerprint density at radius 1 is 1.47 bits per heavy atom. The average Bonchev–Trinajstić information content (AvgIpc) is 2.64. The quantitative estimate of drug-likeness (QED) is 0.766. The molecule has 19 heavy (non-hydrogen) atoms. The monoisotopic (exact) mass is 292 g/mol. The van der Waals surface area contributed by atoms with Crippen LogP contribution in [0.2, 0.25) is 0 Å². The van der Waals surface area contributed by atoms with Crippen molar-refractivity contribution >= 4 is 17.3 Å². The van der Waals surface area contributed by atoms with Crippen molar-refractivity contribution in [3.63, 3.8) is 0 Å². The molecular formula is C13H16ClF3N2. The molecule has 1 aromatic heterocycles. The van der Waals surface area contributed by atoms with Crippen LogP contribution in [0.25, 0.3) is 0 Å². The number of anilines is 1. The third-order valence-corrected chi connectivity index (χ3v) is 4.20. The SMILES string of the molecule is CC1(C)C(C(F)(F)F)CCN1c1cnccc1CCl. The van der Waals surface area contributed by atoms with Gasteiger partial charge in [-0.1, -0.05) is 0 Å². The summed E-state index contributed by atoms with van der Waals surface area (Å²) in [7, 11) is 0. The Morgan fingerprint density at radius 2 is 2.16 bits per heavy atom. The third-order valence-electron chi connectivity index (χ3n) is 3.91. The lowest BCUT2D eigenvalue weighted by atomic mass is 9.87. The number of rotatable bonds is 2. The van der Waals surface area contributed by atoms with Crippen LogP contribution in [0.5, 0.6) is 0 Å². The van der Waals surface area contributed by atoms with Crippen LogP contribution in [0, 0.1) is 5.92 Å². The Labute approximate surface area is 115 Å². The molecule has 2 heterocycles. The Hall–Kier alpha value is -0.970. The van der Waals surface area contributed by atoms with Gasteiger partial charge < -0.3 is 4.90 Å². The van der Waals surface area contributed by atoms with Crippen molar-refractivity contribution in [1.82, 2.24) is 4.98 Å². The molecular weight excluding hydrogens is 277 g/mol. The molecule has 0 aliphatic carbocycles. The van der Waals surface area contributed by atoms with E-state index < -0.39 is 17.6 Å². The first kappa shape index (κ1) is 14.4. The standard InChI is InChI=1S/C13H16ClF3N2/c1-12(2)11(13(15,16)17)4-6-19(12)10-8-18-5-3-9(10)7-14/h3,5,8,11H,4,6-7H2,1-2H3. The minimum atomic E-state index is -4.18. The molecule has 0 amide bonds. The topological polar surface area (TPSA) is 16.1 Å². The summed E-state index contributed by atoms with van der Waals surface area (Å²) >= 11 is 5.85. The van der Waals surface area contributed by atoms with Crippen molar-refractivity contribution in [2.45, 2.75) is 37.9 Å². The summed E-state index contributed by atoms with van der Waals surface area (Å²) in [4.78, 5) is 5.78.